The van der Waals surface area contributed by atoms with Crippen LogP contribution in [0.5, 0.6) is 5.75 Å². The summed E-state index contributed by atoms with van der Waals surface area (Å²) in [5.41, 5.74) is 7.11. The molecule has 2 N–H and O–H groups in total. The molecule has 6 nitrogen and oxygen atoms in total. The van der Waals surface area contributed by atoms with Gasteiger partial charge in [-0.15, -0.1) is 0 Å². The zero-order valence-electron chi connectivity index (χ0n) is 16.6. The highest BCUT2D eigenvalue weighted by molar-refractivity contribution is 6.08. The van der Waals surface area contributed by atoms with Crippen LogP contribution in [-0.2, 0) is 0 Å². The largest absolute Gasteiger partial charge is 0.507 e. The van der Waals surface area contributed by atoms with E-state index < -0.39 is 0 Å². The summed E-state index contributed by atoms with van der Waals surface area (Å²) in [4.78, 5) is 22.0. The number of amides is 1. The molecule has 4 rings (SSSR count). The fourth-order valence-electron chi connectivity index (χ4n) is 3.20. The van der Waals surface area contributed by atoms with Gasteiger partial charge in [-0.1, -0.05) is 35.9 Å². The lowest BCUT2D eigenvalue weighted by Gasteiger charge is -2.09. The second-order valence-electron chi connectivity index (χ2n) is 6.95. The maximum absolute atomic E-state index is 13.0. The molecule has 0 aliphatic rings. The van der Waals surface area contributed by atoms with Gasteiger partial charge in [-0.2, -0.15) is 5.10 Å². The number of carbonyl (C=O) groups is 1. The summed E-state index contributed by atoms with van der Waals surface area (Å²) in [6.07, 6.45) is 1.69. The minimum atomic E-state index is -0.364. The molecule has 0 radical (unpaired) electrons. The van der Waals surface area contributed by atoms with Gasteiger partial charge in [-0.3, -0.25) is 9.78 Å². The Kier molecular flexibility index (Phi) is 5.22. The maximum atomic E-state index is 13.0. The second kappa shape index (κ2) is 8.13. The summed E-state index contributed by atoms with van der Waals surface area (Å²) >= 11 is 0. The number of phenolic OH excluding ortho intramolecular Hbond substituents is 1. The Balaban J connectivity index is 1.71. The van der Waals surface area contributed by atoms with E-state index in [9.17, 15) is 9.90 Å². The monoisotopic (exact) mass is 396 g/mol. The molecule has 2 aromatic heterocycles. The molecule has 0 unspecified atom stereocenters. The minimum Gasteiger partial charge on any atom is -0.507 e. The van der Waals surface area contributed by atoms with E-state index in [1.54, 1.807) is 25.3 Å². The van der Waals surface area contributed by atoms with E-state index in [0.717, 1.165) is 10.9 Å². The van der Waals surface area contributed by atoms with Crippen LogP contribution < -0.4 is 5.43 Å². The van der Waals surface area contributed by atoms with Crippen molar-refractivity contribution in [1.82, 2.24) is 15.4 Å². The number of aromatic nitrogens is 2. The lowest BCUT2D eigenvalue weighted by Crippen LogP contribution is -2.20. The predicted molar refractivity (Wildman–Crippen MR) is 117 cm³/mol. The molecule has 0 atom stereocenters. The number of phenols is 1. The molecule has 6 heteroatoms. The standard InChI is InChI=1S/C24H20N4O2/c1-15-10-11-23(29)18(13-15)16(2)27-28-24(30)19-14-22(21-9-5-6-12-25-21)26-20-8-4-3-7-17(19)20/h3-14,29H,1-2H3,(H,28,30)/b27-16+. The first kappa shape index (κ1) is 19.3. The number of nitrogens with zero attached hydrogens (tertiary/aromatic N) is 3. The van der Waals surface area contributed by atoms with Crippen LogP contribution in [0, 0.1) is 6.92 Å². The zero-order chi connectivity index (χ0) is 21.1. The molecule has 0 spiro atoms. The third kappa shape index (κ3) is 3.89. The van der Waals surface area contributed by atoms with E-state index in [4.69, 9.17) is 0 Å². The highest BCUT2D eigenvalue weighted by Crippen LogP contribution is 2.24. The topological polar surface area (TPSA) is 87.5 Å². The van der Waals surface area contributed by atoms with Gasteiger partial charge in [0.25, 0.3) is 5.91 Å². The maximum Gasteiger partial charge on any atom is 0.272 e. The molecule has 4 aromatic rings. The van der Waals surface area contributed by atoms with Gasteiger partial charge >= 0.3 is 0 Å². The van der Waals surface area contributed by atoms with Gasteiger partial charge in [-0.05, 0) is 50.2 Å². The van der Waals surface area contributed by atoms with E-state index in [0.29, 0.717) is 33.7 Å². The Morgan fingerprint density at radius 2 is 1.77 bits per heavy atom. The molecule has 0 saturated heterocycles. The summed E-state index contributed by atoms with van der Waals surface area (Å²) in [5.74, 6) is -0.250. The number of nitrogens with one attached hydrogen (secondary N) is 1. The van der Waals surface area contributed by atoms with Crippen molar-refractivity contribution in [2.24, 2.45) is 5.10 Å². The number of para-hydroxylation sites is 1. The van der Waals surface area contributed by atoms with Crippen LogP contribution in [-0.4, -0.2) is 26.7 Å². The number of hydrogen-bond donors (Lipinski definition) is 2. The molecule has 30 heavy (non-hydrogen) atoms. The second-order valence-corrected chi connectivity index (χ2v) is 6.95. The fourth-order valence-corrected chi connectivity index (χ4v) is 3.20. The zero-order valence-corrected chi connectivity index (χ0v) is 16.6. The summed E-state index contributed by atoms with van der Waals surface area (Å²) in [5, 5.41) is 15.0. The Hall–Kier alpha value is -4.06. The van der Waals surface area contributed by atoms with Gasteiger partial charge in [0.05, 0.1) is 28.2 Å². The van der Waals surface area contributed by atoms with Crippen molar-refractivity contribution < 1.29 is 9.90 Å². The molecule has 0 bridgehead atoms. The van der Waals surface area contributed by atoms with Crippen LogP contribution in [0.3, 0.4) is 0 Å². The number of hydrazone groups is 1. The Morgan fingerprint density at radius 1 is 0.967 bits per heavy atom. The van der Waals surface area contributed by atoms with Crippen LogP contribution >= 0.6 is 0 Å². The Labute approximate surface area is 173 Å². The van der Waals surface area contributed by atoms with E-state index in [2.05, 4.69) is 20.5 Å². The van der Waals surface area contributed by atoms with Crippen molar-refractivity contribution in [3.63, 3.8) is 0 Å². The van der Waals surface area contributed by atoms with Crippen LogP contribution in [0.15, 0.2) is 78.0 Å². The third-order valence-electron chi connectivity index (χ3n) is 4.76. The number of carbonyl (C=O) groups excluding carboxylic acids is 1. The molecule has 0 saturated carbocycles. The number of aromatic hydroxyl groups is 1. The van der Waals surface area contributed by atoms with Gasteiger partial charge in [0.1, 0.15) is 5.75 Å². The highest BCUT2D eigenvalue weighted by atomic mass is 16.3. The normalized spacial score (nSPS) is 11.5. The van der Waals surface area contributed by atoms with Gasteiger partial charge < -0.3 is 5.11 Å². The number of rotatable bonds is 4. The first-order valence-corrected chi connectivity index (χ1v) is 9.49. The average Bonchev–Trinajstić information content (AvgIpc) is 2.78. The Bertz CT molecular complexity index is 1270. The molecule has 1 amide bonds. The fraction of sp³-hybridized carbons (Fsp3) is 0.0833. The summed E-state index contributed by atoms with van der Waals surface area (Å²) < 4.78 is 0. The predicted octanol–water partition coefficient (Wildman–Crippen LogP) is 4.46. The van der Waals surface area contributed by atoms with Crippen molar-refractivity contribution in [3.8, 4) is 17.1 Å². The average molecular weight is 396 g/mol. The van der Waals surface area contributed by atoms with E-state index in [1.165, 1.54) is 0 Å². The van der Waals surface area contributed by atoms with Crippen LogP contribution in [0.25, 0.3) is 22.3 Å². The van der Waals surface area contributed by atoms with Gasteiger partial charge in [0, 0.05) is 17.1 Å². The third-order valence-corrected chi connectivity index (χ3v) is 4.76. The first-order chi connectivity index (χ1) is 14.5. The minimum absolute atomic E-state index is 0.114. The smallest absolute Gasteiger partial charge is 0.272 e. The van der Waals surface area contributed by atoms with Crippen LogP contribution in [0.2, 0.25) is 0 Å². The van der Waals surface area contributed by atoms with Crippen molar-refractivity contribution >= 4 is 22.5 Å². The number of hydrogen-bond acceptors (Lipinski definition) is 5. The van der Waals surface area contributed by atoms with Gasteiger partial charge in [-0.25, -0.2) is 10.4 Å². The molecule has 2 aromatic carbocycles. The molecule has 2 heterocycles. The Morgan fingerprint density at radius 3 is 2.57 bits per heavy atom. The van der Waals surface area contributed by atoms with Crippen molar-refractivity contribution in [2.75, 3.05) is 0 Å². The SMILES string of the molecule is C/C(=N\NC(=O)c1cc(-c2ccccn2)nc2ccccc12)c1cc(C)ccc1O. The summed E-state index contributed by atoms with van der Waals surface area (Å²) in [6, 6.07) is 20.0. The van der Waals surface area contributed by atoms with E-state index >= 15 is 0 Å². The molecule has 0 aliphatic heterocycles. The number of pyridine rings is 2. The quantitative estimate of drug-likeness (QED) is 0.394. The van der Waals surface area contributed by atoms with Gasteiger partial charge in [0.2, 0.25) is 0 Å². The number of benzene rings is 2. The molecule has 148 valence electrons. The molecular weight excluding hydrogens is 376 g/mol. The van der Waals surface area contributed by atoms with Crippen molar-refractivity contribution in [3.05, 3.63) is 89.6 Å². The van der Waals surface area contributed by atoms with Crippen LogP contribution in [0.4, 0.5) is 0 Å². The lowest BCUT2D eigenvalue weighted by molar-refractivity contribution is 0.0956. The van der Waals surface area contributed by atoms with Gasteiger partial charge in [0.15, 0.2) is 0 Å². The molecular formula is C24H20N4O2. The molecule has 0 aliphatic carbocycles. The van der Waals surface area contributed by atoms with Crippen molar-refractivity contribution in [2.45, 2.75) is 13.8 Å². The highest BCUT2D eigenvalue weighted by Gasteiger charge is 2.14. The molecule has 0 fully saturated rings. The van der Waals surface area contributed by atoms with E-state index in [1.807, 2.05) is 61.5 Å². The van der Waals surface area contributed by atoms with Crippen LogP contribution in [0.1, 0.15) is 28.4 Å². The summed E-state index contributed by atoms with van der Waals surface area (Å²) in [7, 11) is 0. The summed E-state index contributed by atoms with van der Waals surface area (Å²) in [6.45, 7) is 3.66. The number of aryl methyl sites for hydroxylation is 1. The van der Waals surface area contributed by atoms with Crippen molar-refractivity contribution in [1.29, 1.82) is 0 Å². The lowest BCUT2D eigenvalue weighted by atomic mass is 10.1. The van der Waals surface area contributed by atoms with E-state index in [-0.39, 0.29) is 11.7 Å². The number of fused-ring (bicyclic) bond motifs is 1. The first-order valence-electron chi connectivity index (χ1n) is 9.49.